The van der Waals surface area contributed by atoms with Crippen molar-refractivity contribution < 1.29 is 4.79 Å². The molecule has 1 amide bonds. The molecule has 0 saturated heterocycles. The van der Waals surface area contributed by atoms with Crippen molar-refractivity contribution in [3.8, 4) is 11.4 Å². The number of rotatable bonds is 5. The summed E-state index contributed by atoms with van der Waals surface area (Å²) in [4.78, 5) is 16.5. The Hall–Kier alpha value is -1.89. The molecule has 4 nitrogen and oxygen atoms in total. The Morgan fingerprint density at radius 1 is 1.21 bits per heavy atom. The summed E-state index contributed by atoms with van der Waals surface area (Å²) in [6, 6.07) is 15.1. The quantitative estimate of drug-likeness (QED) is 0.644. The number of aryl methyl sites for hydroxylation is 1. The molecular weight excluding hydrogens is 362 g/mol. The second-order valence-electron chi connectivity index (χ2n) is 5.02. The first-order valence-corrected chi connectivity index (χ1v) is 9.34. The molecule has 1 aromatic heterocycles. The van der Waals surface area contributed by atoms with E-state index in [-0.39, 0.29) is 11.7 Å². The first-order chi connectivity index (χ1) is 11.6. The van der Waals surface area contributed by atoms with Crippen molar-refractivity contribution in [3.05, 3.63) is 59.1 Å². The minimum atomic E-state index is -0.0659. The molecule has 0 bridgehead atoms. The lowest BCUT2D eigenvalue weighted by atomic mass is 10.2. The Morgan fingerprint density at radius 2 is 1.96 bits per heavy atom. The molecule has 3 rings (SSSR count). The smallest absolute Gasteiger partial charge is 0.234 e. The number of anilines is 1. The molecule has 0 aliphatic heterocycles. The number of amides is 1. The van der Waals surface area contributed by atoms with Gasteiger partial charge in [0.2, 0.25) is 5.91 Å². The molecule has 0 atom stereocenters. The predicted octanol–water partition coefficient (Wildman–Crippen LogP) is 4.90. The number of carbonyl (C=O) groups excluding carboxylic acids is 1. The molecule has 24 heavy (non-hydrogen) atoms. The van der Waals surface area contributed by atoms with Gasteiger partial charge < -0.3 is 5.32 Å². The van der Waals surface area contributed by atoms with Gasteiger partial charge in [0.25, 0.3) is 0 Å². The van der Waals surface area contributed by atoms with Gasteiger partial charge in [-0.1, -0.05) is 53.7 Å². The van der Waals surface area contributed by atoms with Crippen LogP contribution < -0.4 is 5.32 Å². The van der Waals surface area contributed by atoms with E-state index in [1.54, 1.807) is 6.07 Å². The predicted molar refractivity (Wildman–Crippen MR) is 101 cm³/mol. The van der Waals surface area contributed by atoms with Crippen LogP contribution in [0, 0.1) is 6.92 Å². The Kier molecular flexibility index (Phi) is 5.50. The molecule has 0 unspecified atom stereocenters. The summed E-state index contributed by atoms with van der Waals surface area (Å²) < 4.78 is 5.06. The summed E-state index contributed by atoms with van der Waals surface area (Å²) in [5.74, 6) is 0.807. The highest BCUT2D eigenvalue weighted by molar-refractivity contribution is 8.01. The SMILES string of the molecule is Cc1ccccc1NC(=O)CSc1nc(-c2ccccc2Cl)ns1. The third-order valence-corrected chi connectivity index (χ3v) is 5.43. The number of carbonyl (C=O) groups is 1. The van der Waals surface area contributed by atoms with E-state index in [4.69, 9.17) is 11.6 Å². The highest BCUT2D eigenvalue weighted by Crippen LogP contribution is 2.29. The number of nitrogens with zero attached hydrogens (tertiary/aromatic N) is 2. The van der Waals surface area contributed by atoms with E-state index >= 15 is 0 Å². The summed E-state index contributed by atoms with van der Waals surface area (Å²) in [6.45, 7) is 1.96. The van der Waals surface area contributed by atoms with Crippen LogP contribution in [0.4, 0.5) is 5.69 Å². The lowest BCUT2D eigenvalue weighted by Crippen LogP contribution is -2.14. The van der Waals surface area contributed by atoms with Crippen LogP contribution in [0.5, 0.6) is 0 Å². The van der Waals surface area contributed by atoms with Gasteiger partial charge >= 0.3 is 0 Å². The Balaban J connectivity index is 1.61. The van der Waals surface area contributed by atoms with E-state index < -0.39 is 0 Å². The molecule has 3 aromatic rings. The topological polar surface area (TPSA) is 54.9 Å². The van der Waals surface area contributed by atoms with Crippen LogP contribution in [0.25, 0.3) is 11.4 Å². The van der Waals surface area contributed by atoms with Crippen LogP contribution in [0.1, 0.15) is 5.56 Å². The number of aromatic nitrogens is 2. The maximum absolute atomic E-state index is 12.1. The lowest BCUT2D eigenvalue weighted by molar-refractivity contribution is -0.113. The number of nitrogens with one attached hydrogen (secondary N) is 1. The third kappa shape index (κ3) is 4.14. The third-order valence-electron chi connectivity index (χ3n) is 3.27. The fourth-order valence-electron chi connectivity index (χ4n) is 2.05. The molecule has 122 valence electrons. The zero-order chi connectivity index (χ0) is 16.9. The summed E-state index contributed by atoms with van der Waals surface area (Å²) in [5, 5.41) is 3.52. The molecule has 7 heteroatoms. The van der Waals surface area contributed by atoms with Crippen LogP contribution in [0.3, 0.4) is 0 Å². The summed E-state index contributed by atoms with van der Waals surface area (Å²) in [7, 11) is 0. The first kappa shape index (κ1) is 17.0. The van der Waals surface area contributed by atoms with Crippen molar-refractivity contribution >= 4 is 46.5 Å². The van der Waals surface area contributed by atoms with Gasteiger partial charge in [0.05, 0.1) is 10.8 Å². The number of halogens is 1. The van der Waals surface area contributed by atoms with Crippen molar-refractivity contribution in [2.45, 2.75) is 11.3 Å². The standard InChI is InChI=1S/C17H14ClN3OS2/c1-11-6-2-5-9-14(11)19-15(22)10-23-17-20-16(21-24-17)12-7-3-4-8-13(12)18/h2-9H,10H2,1H3,(H,19,22). The molecule has 0 saturated carbocycles. The second kappa shape index (κ2) is 7.79. The van der Waals surface area contributed by atoms with Crippen molar-refractivity contribution in [3.63, 3.8) is 0 Å². The van der Waals surface area contributed by atoms with E-state index in [1.165, 1.54) is 23.3 Å². The molecule has 0 radical (unpaired) electrons. The van der Waals surface area contributed by atoms with Crippen molar-refractivity contribution in [2.24, 2.45) is 0 Å². The molecule has 2 aromatic carbocycles. The van der Waals surface area contributed by atoms with Gasteiger partial charge in [0, 0.05) is 11.3 Å². The maximum atomic E-state index is 12.1. The van der Waals surface area contributed by atoms with Gasteiger partial charge in [-0.05, 0) is 42.2 Å². The van der Waals surface area contributed by atoms with Crippen LogP contribution in [-0.2, 0) is 4.79 Å². The molecular formula is C17H14ClN3OS2. The lowest BCUT2D eigenvalue weighted by Gasteiger charge is -2.06. The summed E-state index contributed by atoms with van der Waals surface area (Å²) >= 11 is 8.79. The molecule has 0 aliphatic rings. The van der Waals surface area contributed by atoms with E-state index in [1.807, 2.05) is 49.4 Å². The van der Waals surface area contributed by atoms with Crippen LogP contribution in [0.15, 0.2) is 52.9 Å². The second-order valence-corrected chi connectivity index (χ2v) is 7.40. The van der Waals surface area contributed by atoms with Gasteiger partial charge in [-0.2, -0.15) is 4.37 Å². The first-order valence-electron chi connectivity index (χ1n) is 7.20. The van der Waals surface area contributed by atoms with Gasteiger partial charge in [0.15, 0.2) is 10.2 Å². The minimum absolute atomic E-state index is 0.0659. The number of hydrogen-bond acceptors (Lipinski definition) is 5. The highest BCUT2D eigenvalue weighted by atomic mass is 35.5. The number of benzene rings is 2. The monoisotopic (exact) mass is 375 g/mol. The zero-order valence-corrected chi connectivity index (χ0v) is 15.2. The fraction of sp³-hybridized carbons (Fsp3) is 0.118. The van der Waals surface area contributed by atoms with E-state index in [0.717, 1.165) is 21.2 Å². The van der Waals surface area contributed by atoms with E-state index in [0.29, 0.717) is 10.8 Å². The average Bonchev–Trinajstić information content (AvgIpc) is 3.04. The van der Waals surface area contributed by atoms with E-state index in [2.05, 4.69) is 14.7 Å². The van der Waals surface area contributed by atoms with Crippen LogP contribution in [0.2, 0.25) is 5.02 Å². The largest absolute Gasteiger partial charge is 0.325 e. The molecule has 0 aliphatic carbocycles. The van der Waals surface area contributed by atoms with Crippen molar-refractivity contribution in [1.82, 2.24) is 9.36 Å². The molecule has 0 fully saturated rings. The highest BCUT2D eigenvalue weighted by Gasteiger charge is 2.12. The molecule has 1 heterocycles. The van der Waals surface area contributed by atoms with Gasteiger partial charge in [-0.3, -0.25) is 4.79 Å². The number of thioether (sulfide) groups is 1. The minimum Gasteiger partial charge on any atom is -0.325 e. The summed E-state index contributed by atoms with van der Waals surface area (Å²) in [6.07, 6.45) is 0. The average molecular weight is 376 g/mol. The number of para-hydroxylation sites is 1. The van der Waals surface area contributed by atoms with E-state index in [9.17, 15) is 4.79 Å². The summed E-state index contributed by atoms with van der Waals surface area (Å²) in [5.41, 5.74) is 2.66. The molecule has 0 spiro atoms. The van der Waals surface area contributed by atoms with Crippen molar-refractivity contribution in [1.29, 1.82) is 0 Å². The van der Waals surface area contributed by atoms with Crippen LogP contribution >= 0.6 is 34.9 Å². The fourth-order valence-corrected chi connectivity index (χ4v) is 3.68. The molecule has 1 N–H and O–H groups in total. The van der Waals surface area contributed by atoms with Gasteiger partial charge in [-0.15, -0.1) is 0 Å². The van der Waals surface area contributed by atoms with Gasteiger partial charge in [0.1, 0.15) is 0 Å². The Morgan fingerprint density at radius 3 is 2.75 bits per heavy atom. The maximum Gasteiger partial charge on any atom is 0.234 e. The normalized spacial score (nSPS) is 10.6. The zero-order valence-electron chi connectivity index (χ0n) is 12.8. The van der Waals surface area contributed by atoms with Gasteiger partial charge in [-0.25, -0.2) is 4.98 Å². The van der Waals surface area contributed by atoms with Crippen LogP contribution in [-0.4, -0.2) is 21.0 Å². The Bertz CT molecular complexity index is 866. The Labute approximate surface area is 153 Å². The van der Waals surface area contributed by atoms with Crippen molar-refractivity contribution in [2.75, 3.05) is 11.1 Å². The number of hydrogen-bond donors (Lipinski definition) is 1.